The summed E-state index contributed by atoms with van der Waals surface area (Å²) in [6.45, 7) is 3.08. The number of hydrogen-bond donors (Lipinski definition) is 2. The van der Waals surface area contributed by atoms with Crippen LogP contribution in [0.5, 0.6) is 0 Å². The summed E-state index contributed by atoms with van der Waals surface area (Å²) in [7, 11) is 0. The van der Waals surface area contributed by atoms with Crippen molar-refractivity contribution in [2.24, 2.45) is 0 Å². The van der Waals surface area contributed by atoms with Gasteiger partial charge in [0.25, 0.3) is 5.91 Å². The normalized spacial score (nSPS) is 16.2. The second kappa shape index (κ2) is 7.53. The molecule has 1 unspecified atom stereocenters. The lowest BCUT2D eigenvalue weighted by Crippen LogP contribution is -3.13. The van der Waals surface area contributed by atoms with Gasteiger partial charge in [-0.05, 0) is 31.2 Å². The van der Waals surface area contributed by atoms with E-state index < -0.39 is 0 Å². The average Bonchev–Trinajstić information content (AvgIpc) is 3.41. The highest BCUT2D eigenvalue weighted by Gasteiger charge is 2.34. The molecule has 0 radical (unpaired) electrons. The number of amides is 1. The highest BCUT2D eigenvalue weighted by atomic mass is 19.1. The molecule has 2 aromatic carbocycles. The van der Waals surface area contributed by atoms with E-state index in [4.69, 9.17) is 4.42 Å². The molecule has 3 aromatic rings. The number of nitrogens with one attached hydrogen (secondary N) is 2. The number of carbonyl (C=O) groups excluding carboxylic acids is 1. The number of halogens is 1. The molecule has 1 aliphatic carbocycles. The second-order valence-electron chi connectivity index (χ2n) is 7.39. The monoisotopic (exact) mass is 367 g/mol. The molecule has 5 heteroatoms. The molecular weight excluding hydrogens is 343 g/mol. The predicted molar refractivity (Wildman–Crippen MR) is 102 cm³/mol. The lowest BCUT2D eigenvalue weighted by Gasteiger charge is -2.20. The summed E-state index contributed by atoms with van der Waals surface area (Å²) in [6.07, 6.45) is 2.28. The molecule has 27 heavy (non-hydrogen) atoms. The van der Waals surface area contributed by atoms with Gasteiger partial charge in [-0.15, -0.1) is 0 Å². The summed E-state index contributed by atoms with van der Waals surface area (Å²) in [6, 6.07) is 16.7. The summed E-state index contributed by atoms with van der Waals surface area (Å²) in [5, 5.41) is 4.09. The van der Waals surface area contributed by atoms with E-state index in [1.807, 2.05) is 37.3 Å². The van der Waals surface area contributed by atoms with Crippen molar-refractivity contribution in [2.45, 2.75) is 38.4 Å². The highest BCUT2D eigenvalue weighted by molar-refractivity contribution is 5.79. The largest absolute Gasteiger partial charge is 0.459 e. The number of furan rings is 1. The third-order valence-electron chi connectivity index (χ3n) is 5.14. The zero-order chi connectivity index (χ0) is 18.8. The molecule has 0 bridgehead atoms. The predicted octanol–water partition coefficient (Wildman–Crippen LogP) is 3.00. The fourth-order valence-corrected chi connectivity index (χ4v) is 3.49. The van der Waals surface area contributed by atoms with Gasteiger partial charge in [0.05, 0.1) is 12.1 Å². The summed E-state index contributed by atoms with van der Waals surface area (Å²) in [5.41, 5.74) is 1.88. The van der Waals surface area contributed by atoms with Crippen LogP contribution in [0.1, 0.15) is 37.1 Å². The van der Waals surface area contributed by atoms with Gasteiger partial charge in [0.1, 0.15) is 23.7 Å². The van der Waals surface area contributed by atoms with E-state index in [1.165, 1.54) is 17.0 Å². The Kier molecular flexibility index (Phi) is 4.94. The molecule has 1 fully saturated rings. The highest BCUT2D eigenvalue weighted by Crippen LogP contribution is 2.23. The first kappa shape index (κ1) is 17.7. The molecule has 0 saturated heterocycles. The average molecular weight is 367 g/mol. The fraction of sp³-hybridized carbons (Fsp3) is 0.318. The molecular formula is C22H24FN2O2+. The number of hydrogen-bond acceptors (Lipinski definition) is 2. The van der Waals surface area contributed by atoms with Crippen molar-refractivity contribution in [1.82, 2.24) is 5.32 Å². The molecule has 1 amide bonds. The topological polar surface area (TPSA) is 46.7 Å². The Morgan fingerprint density at radius 1 is 1.22 bits per heavy atom. The van der Waals surface area contributed by atoms with Gasteiger partial charge in [0, 0.05) is 23.8 Å². The Morgan fingerprint density at radius 2 is 1.96 bits per heavy atom. The molecule has 0 spiro atoms. The van der Waals surface area contributed by atoms with Crippen LogP contribution in [0.2, 0.25) is 0 Å². The number of fused-ring (bicyclic) bond motifs is 1. The van der Waals surface area contributed by atoms with Gasteiger partial charge < -0.3 is 14.6 Å². The lowest BCUT2D eigenvalue weighted by atomic mass is 10.2. The summed E-state index contributed by atoms with van der Waals surface area (Å²) < 4.78 is 19.0. The van der Waals surface area contributed by atoms with Crippen LogP contribution in [0.3, 0.4) is 0 Å². The first-order valence-corrected chi connectivity index (χ1v) is 9.45. The Balaban J connectivity index is 1.38. The van der Waals surface area contributed by atoms with E-state index in [0.29, 0.717) is 12.6 Å². The van der Waals surface area contributed by atoms with Crippen LogP contribution in [0.25, 0.3) is 11.0 Å². The number of quaternary nitrogens is 1. The number of rotatable bonds is 7. The number of benzene rings is 2. The standard InChI is InChI=1S/C22H23FN2O2/c1-15(21-12-17-4-2-3-5-20(17)27-21)24-22(26)14-25(19-10-11-19)13-16-6-8-18(23)9-7-16/h2-9,12,15,19H,10-11,13-14H2,1H3,(H,24,26)/p+1/t15-/m1/s1. The molecule has 1 heterocycles. The molecule has 2 N–H and O–H groups in total. The van der Waals surface area contributed by atoms with Crippen molar-refractivity contribution in [3.8, 4) is 0 Å². The van der Waals surface area contributed by atoms with Crippen molar-refractivity contribution in [3.05, 3.63) is 71.7 Å². The molecule has 1 aliphatic rings. The van der Waals surface area contributed by atoms with E-state index >= 15 is 0 Å². The minimum absolute atomic E-state index is 0.00645. The molecule has 1 aromatic heterocycles. The van der Waals surface area contributed by atoms with Crippen LogP contribution in [-0.2, 0) is 11.3 Å². The van der Waals surface area contributed by atoms with Crippen LogP contribution >= 0.6 is 0 Å². The van der Waals surface area contributed by atoms with E-state index in [1.54, 1.807) is 12.1 Å². The van der Waals surface area contributed by atoms with Crippen molar-refractivity contribution in [2.75, 3.05) is 6.54 Å². The summed E-state index contributed by atoms with van der Waals surface area (Å²) >= 11 is 0. The summed E-state index contributed by atoms with van der Waals surface area (Å²) in [5.74, 6) is 0.534. The third kappa shape index (κ3) is 4.37. The third-order valence-corrected chi connectivity index (χ3v) is 5.14. The molecule has 140 valence electrons. The Hall–Kier alpha value is -2.66. The maximum atomic E-state index is 13.1. The fourth-order valence-electron chi connectivity index (χ4n) is 3.49. The van der Waals surface area contributed by atoms with Crippen molar-refractivity contribution < 1.29 is 18.5 Å². The van der Waals surface area contributed by atoms with E-state index in [0.717, 1.165) is 41.7 Å². The first-order valence-electron chi connectivity index (χ1n) is 9.45. The number of carbonyl (C=O) groups is 1. The van der Waals surface area contributed by atoms with Gasteiger partial charge >= 0.3 is 0 Å². The van der Waals surface area contributed by atoms with E-state index in [2.05, 4.69) is 5.32 Å². The molecule has 4 nitrogen and oxygen atoms in total. The van der Waals surface area contributed by atoms with E-state index in [9.17, 15) is 9.18 Å². The Bertz CT molecular complexity index is 898. The van der Waals surface area contributed by atoms with Crippen LogP contribution in [0, 0.1) is 5.82 Å². The zero-order valence-corrected chi connectivity index (χ0v) is 15.4. The first-order chi connectivity index (χ1) is 13.1. The van der Waals surface area contributed by atoms with Gasteiger partial charge in [-0.3, -0.25) is 4.79 Å². The quantitative estimate of drug-likeness (QED) is 0.674. The molecule has 0 aliphatic heterocycles. The second-order valence-corrected chi connectivity index (χ2v) is 7.39. The molecule has 4 rings (SSSR count). The molecule has 2 atom stereocenters. The maximum Gasteiger partial charge on any atom is 0.275 e. The maximum absolute atomic E-state index is 13.1. The minimum Gasteiger partial charge on any atom is -0.459 e. The summed E-state index contributed by atoms with van der Waals surface area (Å²) in [4.78, 5) is 13.8. The minimum atomic E-state index is -0.232. The Morgan fingerprint density at radius 3 is 2.67 bits per heavy atom. The van der Waals surface area contributed by atoms with Gasteiger partial charge in [-0.25, -0.2) is 4.39 Å². The Labute approximate surface area is 158 Å². The van der Waals surface area contributed by atoms with Crippen molar-refractivity contribution in [3.63, 3.8) is 0 Å². The van der Waals surface area contributed by atoms with Crippen LogP contribution in [0.15, 0.2) is 59.0 Å². The van der Waals surface area contributed by atoms with Crippen molar-refractivity contribution >= 4 is 16.9 Å². The van der Waals surface area contributed by atoms with Gasteiger partial charge in [-0.1, -0.05) is 30.3 Å². The van der Waals surface area contributed by atoms with Gasteiger partial charge in [0.2, 0.25) is 0 Å². The van der Waals surface area contributed by atoms with Gasteiger partial charge in [0.15, 0.2) is 6.54 Å². The van der Waals surface area contributed by atoms with Crippen LogP contribution in [-0.4, -0.2) is 18.5 Å². The van der Waals surface area contributed by atoms with Crippen molar-refractivity contribution in [1.29, 1.82) is 0 Å². The molecule has 1 saturated carbocycles. The smallest absolute Gasteiger partial charge is 0.275 e. The SMILES string of the molecule is C[C@@H](NC(=O)C[NH+](Cc1ccc(F)cc1)C1CC1)c1cc2ccccc2o1. The van der Waals surface area contributed by atoms with E-state index in [-0.39, 0.29) is 17.8 Å². The number of para-hydroxylation sites is 1. The van der Waals surface area contributed by atoms with Crippen LogP contribution < -0.4 is 10.2 Å². The van der Waals surface area contributed by atoms with Gasteiger partial charge in [-0.2, -0.15) is 0 Å². The van der Waals surface area contributed by atoms with Crippen LogP contribution in [0.4, 0.5) is 4.39 Å². The lowest BCUT2D eigenvalue weighted by molar-refractivity contribution is -0.917. The zero-order valence-electron chi connectivity index (χ0n) is 15.4.